The van der Waals surface area contributed by atoms with E-state index < -0.39 is 0 Å². The van der Waals surface area contributed by atoms with Crippen molar-refractivity contribution in [2.45, 2.75) is 32.2 Å². The lowest BCUT2D eigenvalue weighted by molar-refractivity contribution is 0.0986. The molecule has 3 aromatic rings. The van der Waals surface area contributed by atoms with E-state index in [9.17, 15) is 9.59 Å². The van der Waals surface area contributed by atoms with E-state index in [-0.39, 0.29) is 11.6 Å². The van der Waals surface area contributed by atoms with Gasteiger partial charge in [0.25, 0.3) is 0 Å². The van der Waals surface area contributed by atoms with Gasteiger partial charge in [0, 0.05) is 52.3 Å². The number of ketones is 2. The van der Waals surface area contributed by atoms with Crippen molar-refractivity contribution in [2.75, 3.05) is 6.54 Å². The van der Waals surface area contributed by atoms with Crippen LogP contribution in [-0.4, -0.2) is 22.7 Å². The van der Waals surface area contributed by atoms with E-state index in [1.54, 1.807) is 0 Å². The molecule has 2 aromatic carbocycles. The van der Waals surface area contributed by atoms with E-state index in [0.29, 0.717) is 19.4 Å². The molecule has 0 unspecified atom stereocenters. The maximum atomic E-state index is 12.3. The van der Waals surface area contributed by atoms with Crippen LogP contribution < -0.4 is 5.43 Å². The second kappa shape index (κ2) is 5.71. The van der Waals surface area contributed by atoms with E-state index in [1.807, 2.05) is 24.3 Å². The standard InChI is InChI=1S/C20H17N3O2S/c24-17-7-3-13-11(17)1-5-15-19(13)20-14-4-8-18(25)12(14)2-6-16(20)23(15)10-9-21-22-26/h1-2,5-6H,3-4,7-10H2,(H,21,26). The number of carbonyl (C=O) groups excluding carboxylic acids is 2. The zero-order chi connectivity index (χ0) is 17.8. The Morgan fingerprint density at radius 1 is 0.885 bits per heavy atom. The van der Waals surface area contributed by atoms with Gasteiger partial charge in [0.05, 0.1) is 19.0 Å². The van der Waals surface area contributed by atoms with Gasteiger partial charge in [0.15, 0.2) is 11.6 Å². The van der Waals surface area contributed by atoms with Crippen LogP contribution in [0.4, 0.5) is 0 Å². The molecule has 0 saturated carbocycles. The molecule has 0 radical (unpaired) electrons. The predicted octanol–water partition coefficient (Wildman–Crippen LogP) is 3.29. The van der Waals surface area contributed by atoms with Gasteiger partial charge in [-0.3, -0.25) is 15.0 Å². The topological polar surface area (TPSA) is 63.5 Å². The third-order valence-corrected chi connectivity index (χ3v) is 5.86. The fraction of sp³-hybridized carbons (Fsp3) is 0.300. The Hall–Kier alpha value is -2.60. The minimum Gasteiger partial charge on any atom is -0.339 e. The predicted molar refractivity (Wildman–Crippen MR) is 103 cm³/mol. The maximum Gasteiger partial charge on any atom is 0.163 e. The van der Waals surface area contributed by atoms with Crippen molar-refractivity contribution < 1.29 is 9.59 Å². The summed E-state index contributed by atoms with van der Waals surface area (Å²) in [5, 5.41) is 2.32. The number of aryl methyl sites for hydroxylation is 2. The third-order valence-electron chi connectivity index (χ3n) is 5.73. The van der Waals surface area contributed by atoms with Gasteiger partial charge in [0.2, 0.25) is 0 Å². The molecule has 1 aromatic heterocycles. The van der Waals surface area contributed by atoms with Crippen molar-refractivity contribution in [3.05, 3.63) is 46.5 Å². The van der Waals surface area contributed by atoms with E-state index in [2.05, 4.69) is 26.9 Å². The van der Waals surface area contributed by atoms with Crippen LogP contribution in [0.1, 0.15) is 44.7 Å². The number of nitrogens with one attached hydrogen (secondary N) is 1. The quantitative estimate of drug-likeness (QED) is 0.571. The first-order valence-corrected chi connectivity index (χ1v) is 9.28. The number of rotatable bonds is 4. The Morgan fingerprint density at radius 3 is 1.92 bits per heavy atom. The summed E-state index contributed by atoms with van der Waals surface area (Å²) in [7, 11) is 0. The van der Waals surface area contributed by atoms with Crippen molar-refractivity contribution in [1.29, 1.82) is 0 Å². The molecule has 2 aliphatic carbocycles. The lowest BCUT2D eigenvalue weighted by atomic mass is 9.98. The maximum absolute atomic E-state index is 12.3. The van der Waals surface area contributed by atoms with Crippen LogP contribution in [0.25, 0.3) is 21.8 Å². The molecule has 1 heterocycles. The van der Waals surface area contributed by atoms with Crippen molar-refractivity contribution in [3.63, 3.8) is 0 Å². The second-order valence-electron chi connectivity index (χ2n) is 6.97. The van der Waals surface area contributed by atoms with Gasteiger partial charge < -0.3 is 4.57 Å². The summed E-state index contributed by atoms with van der Waals surface area (Å²) in [6.07, 6.45) is 2.71. The molecule has 0 fully saturated rings. The second-order valence-corrected chi connectivity index (χ2v) is 7.15. The highest BCUT2D eigenvalue weighted by atomic mass is 32.1. The lowest BCUT2D eigenvalue weighted by Crippen LogP contribution is -2.13. The number of aromatic nitrogens is 1. The molecule has 130 valence electrons. The summed E-state index contributed by atoms with van der Waals surface area (Å²) >= 11 is 4.62. The van der Waals surface area contributed by atoms with Crippen LogP contribution >= 0.6 is 0 Å². The number of hydrogen-bond acceptors (Lipinski definition) is 4. The summed E-state index contributed by atoms with van der Waals surface area (Å²) in [5.74, 6) is 0.441. The summed E-state index contributed by atoms with van der Waals surface area (Å²) in [6, 6.07) is 8.01. The molecule has 0 atom stereocenters. The van der Waals surface area contributed by atoms with Gasteiger partial charge in [-0.05, 0) is 48.2 Å². The zero-order valence-electron chi connectivity index (χ0n) is 14.2. The van der Waals surface area contributed by atoms with Crippen LogP contribution in [0.15, 0.2) is 28.7 Å². The Bertz CT molecular complexity index is 1050. The molecule has 0 saturated heterocycles. The molecule has 5 nitrogen and oxygen atoms in total. The zero-order valence-corrected chi connectivity index (χ0v) is 15.0. The van der Waals surface area contributed by atoms with Crippen LogP contribution in [0.5, 0.6) is 0 Å². The molecule has 1 N–H and O–H groups in total. The smallest absolute Gasteiger partial charge is 0.163 e. The highest BCUT2D eigenvalue weighted by molar-refractivity contribution is 7.47. The average molecular weight is 363 g/mol. The first-order chi connectivity index (χ1) is 12.7. The molecular formula is C20H17N3O2S. The molecular weight excluding hydrogens is 346 g/mol. The van der Waals surface area contributed by atoms with Gasteiger partial charge in [0.1, 0.15) is 0 Å². The number of nitrogens with zero attached hydrogens (tertiary/aromatic N) is 2. The molecule has 5 rings (SSSR count). The van der Waals surface area contributed by atoms with Gasteiger partial charge in [-0.1, -0.05) is 0 Å². The highest BCUT2D eigenvalue weighted by Crippen LogP contribution is 2.41. The summed E-state index contributed by atoms with van der Waals surface area (Å²) in [4.78, 5) is 24.5. The summed E-state index contributed by atoms with van der Waals surface area (Å²) in [6.45, 7) is 1.36. The van der Waals surface area contributed by atoms with Gasteiger partial charge in [-0.25, -0.2) is 0 Å². The number of fused-ring (bicyclic) bond motifs is 7. The van der Waals surface area contributed by atoms with Crippen LogP contribution in [-0.2, 0) is 31.8 Å². The van der Waals surface area contributed by atoms with Crippen molar-refractivity contribution >= 4 is 45.8 Å². The number of benzene rings is 2. The highest BCUT2D eigenvalue weighted by Gasteiger charge is 2.29. The Balaban J connectivity index is 1.88. The largest absolute Gasteiger partial charge is 0.339 e. The fourth-order valence-electron chi connectivity index (χ4n) is 4.65. The minimum absolute atomic E-state index is 0.220. The Kier molecular flexibility index (Phi) is 3.43. The van der Waals surface area contributed by atoms with E-state index in [1.165, 1.54) is 0 Å². The SMILES string of the molecule is O=C1CCc2c1ccc1c2c2c3c(ccc2n1CCNN=S)C(=O)CC3. The first-order valence-electron chi connectivity index (χ1n) is 8.92. The van der Waals surface area contributed by atoms with E-state index >= 15 is 0 Å². The molecule has 0 bridgehead atoms. The molecule has 0 spiro atoms. The fourth-order valence-corrected chi connectivity index (χ4v) is 4.74. The van der Waals surface area contributed by atoms with Gasteiger partial charge >= 0.3 is 0 Å². The average Bonchev–Trinajstić information content (AvgIpc) is 3.30. The minimum atomic E-state index is 0.220. The number of hydrogen-bond donors (Lipinski definition) is 1. The Morgan fingerprint density at radius 2 is 1.42 bits per heavy atom. The molecule has 0 aliphatic heterocycles. The van der Waals surface area contributed by atoms with Crippen molar-refractivity contribution in [1.82, 2.24) is 9.99 Å². The molecule has 6 heteroatoms. The Labute approximate surface area is 155 Å². The number of Topliss-reactive ketones (excluding diaryl/α,β-unsaturated/α-hetero) is 2. The third kappa shape index (κ3) is 2.02. The summed E-state index contributed by atoms with van der Waals surface area (Å²) in [5.41, 5.74) is 9.06. The molecule has 0 amide bonds. The molecule has 2 aliphatic rings. The van der Waals surface area contributed by atoms with Crippen LogP contribution in [0.2, 0.25) is 0 Å². The van der Waals surface area contributed by atoms with Crippen LogP contribution in [0.3, 0.4) is 0 Å². The van der Waals surface area contributed by atoms with Crippen molar-refractivity contribution in [3.8, 4) is 0 Å². The lowest BCUT2D eigenvalue weighted by Gasteiger charge is -2.08. The van der Waals surface area contributed by atoms with E-state index in [0.717, 1.165) is 63.4 Å². The molecule has 26 heavy (non-hydrogen) atoms. The first kappa shape index (κ1) is 15.6. The van der Waals surface area contributed by atoms with Gasteiger partial charge in [-0.15, -0.1) is 4.47 Å². The van der Waals surface area contributed by atoms with E-state index in [4.69, 9.17) is 0 Å². The summed E-state index contributed by atoms with van der Waals surface area (Å²) < 4.78 is 5.82. The van der Waals surface area contributed by atoms with Gasteiger partial charge in [-0.2, -0.15) is 0 Å². The van der Waals surface area contributed by atoms with Crippen LogP contribution in [0, 0.1) is 0 Å². The van der Waals surface area contributed by atoms with Crippen molar-refractivity contribution in [2.24, 2.45) is 4.47 Å². The normalized spacial score (nSPS) is 15.7. The monoisotopic (exact) mass is 363 g/mol. The number of carbonyl (C=O) groups is 2.